The molecule has 0 amide bonds. The van der Waals surface area contributed by atoms with Gasteiger partial charge in [-0.05, 0) is 0 Å². The van der Waals surface area contributed by atoms with Crippen molar-refractivity contribution in [1.29, 1.82) is 5.26 Å². The number of hydrogen-bond donors (Lipinski definition) is 2. The second-order valence-corrected chi connectivity index (χ2v) is 4.05. The maximum absolute atomic E-state index is 8.90. The molecule has 4 N–H and O–H groups in total. The van der Waals surface area contributed by atoms with Crippen molar-refractivity contribution in [3.63, 3.8) is 0 Å². The maximum atomic E-state index is 8.90. The van der Waals surface area contributed by atoms with E-state index in [0.29, 0.717) is 11.3 Å². The van der Waals surface area contributed by atoms with E-state index in [1.165, 1.54) is 0 Å². The molecule has 0 aromatic carbocycles. The van der Waals surface area contributed by atoms with Crippen LogP contribution in [0.25, 0.3) is 0 Å². The zero-order valence-corrected chi connectivity index (χ0v) is 8.50. The molecule has 0 saturated carbocycles. The molecule has 74 valence electrons. The zero-order valence-electron chi connectivity index (χ0n) is 8.50. The van der Waals surface area contributed by atoms with Crippen molar-refractivity contribution in [1.82, 2.24) is 9.97 Å². The molecule has 1 aromatic rings. The van der Waals surface area contributed by atoms with Gasteiger partial charge in [-0.2, -0.15) is 10.2 Å². The minimum atomic E-state index is -0.268. The van der Waals surface area contributed by atoms with Crippen molar-refractivity contribution < 1.29 is 0 Å². The first-order valence-electron chi connectivity index (χ1n) is 4.20. The van der Waals surface area contributed by atoms with Gasteiger partial charge in [0.05, 0.1) is 5.69 Å². The van der Waals surface area contributed by atoms with Crippen LogP contribution in [0.15, 0.2) is 0 Å². The molecule has 1 heterocycles. The summed E-state index contributed by atoms with van der Waals surface area (Å²) in [6.07, 6.45) is 0. The fourth-order valence-corrected chi connectivity index (χ4v) is 1.15. The first-order valence-corrected chi connectivity index (χ1v) is 4.20. The monoisotopic (exact) mass is 191 g/mol. The number of nitrogen functional groups attached to an aromatic ring is 2. The Morgan fingerprint density at radius 1 is 1.21 bits per heavy atom. The molecule has 0 aliphatic carbocycles. The number of aromatic nitrogens is 2. The number of nitrogens with two attached hydrogens (primary N) is 2. The van der Waals surface area contributed by atoms with Crippen molar-refractivity contribution in [2.45, 2.75) is 26.2 Å². The highest BCUT2D eigenvalue weighted by Crippen LogP contribution is 2.26. The van der Waals surface area contributed by atoms with Gasteiger partial charge in [-0.3, -0.25) is 0 Å². The van der Waals surface area contributed by atoms with Crippen LogP contribution in [0, 0.1) is 11.3 Å². The van der Waals surface area contributed by atoms with Crippen molar-refractivity contribution in [3.8, 4) is 6.07 Å². The summed E-state index contributed by atoms with van der Waals surface area (Å²) in [5.41, 5.74) is 11.7. The molecule has 0 aliphatic heterocycles. The highest BCUT2D eigenvalue weighted by atomic mass is 15.0. The lowest BCUT2D eigenvalue weighted by Crippen LogP contribution is -2.19. The number of hydrogen-bond acceptors (Lipinski definition) is 5. The van der Waals surface area contributed by atoms with Gasteiger partial charge >= 0.3 is 0 Å². The van der Waals surface area contributed by atoms with Crippen LogP contribution in [-0.4, -0.2) is 9.97 Å². The lowest BCUT2D eigenvalue weighted by molar-refractivity contribution is 0.566. The fraction of sp³-hybridized carbons (Fsp3) is 0.444. The molecule has 5 heteroatoms. The van der Waals surface area contributed by atoms with E-state index in [4.69, 9.17) is 16.7 Å². The Balaban J connectivity index is 3.50. The fourth-order valence-electron chi connectivity index (χ4n) is 1.15. The van der Waals surface area contributed by atoms with Crippen LogP contribution >= 0.6 is 0 Å². The van der Waals surface area contributed by atoms with E-state index in [1.54, 1.807) is 0 Å². The molecule has 0 aliphatic rings. The van der Waals surface area contributed by atoms with E-state index < -0.39 is 0 Å². The molecule has 0 radical (unpaired) electrons. The topological polar surface area (TPSA) is 102 Å². The van der Waals surface area contributed by atoms with Gasteiger partial charge in [-0.25, -0.2) is 4.98 Å². The highest BCUT2D eigenvalue weighted by molar-refractivity contribution is 5.54. The quantitative estimate of drug-likeness (QED) is 0.631. The Hall–Kier alpha value is -1.83. The molecule has 0 bridgehead atoms. The lowest BCUT2D eigenvalue weighted by atomic mass is 9.89. The minimum Gasteiger partial charge on any atom is -0.382 e. The van der Waals surface area contributed by atoms with Gasteiger partial charge in [-0.15, -0.1) is 0 Å². The Kier molecular flexibility index (Phi) is 2.30. The molecule has 5 nitrogen and oxygen atoms in total. The molecule has 14 heavy (non-hydrogen) atoms. The summed E-state index contributed by atoms with van der Waals surface area (Å²) in [5, 5.41) is 8.90. The van der Waals surface area contributed by atoms with Gasteiger partial charge < -0.3 is 11.5 Å². The maximum Gasteiger partial charge on any atom is 0.222 e. The minimum absolute atomic E-state index is 0.103. The highest BCUT2D eigenvalue weighted by Gasteiger charge is 2.22. The van der Waals surface area contributed by atoms with E-state index in [9.17, 15) is 0 Å². The summed E-state index contributed by atoms with van der Waals surface area (Å²) in [6, 6.07) is 1.99. The molecular weight excluding hydrogens is 178 g/mol. The van der Waals surface area contributed by atoms with E-state index in [2.05, 4.69) is 9.97 Å². The largest absolute Gasteiger partial charge is 0.382 e. The molecule has 0 fully saturated rings. The number of nitriles is 1. The van der Waals surface area contributed by atoms with Gasteiger partial charge in [0.15, 0.2) is 0 Å². The summed E-state index contributed by atoms with van der Waals surface area (Å²) in [6.45, 7) is 5.82. The van der Waals surface area contributed by atoms with Crippen LogP contribution in [0.3, 0.4) is 0 Å². The van der Waals surface area contributed by atoms with Crippen LogP contribution in [0.4, 0.5) is 11.8 Å². The van der Waals surface area contributed by atoms with Gasteiger partial charge in [-0.1, -0.05) is 20.8 Å². The van der Waals surface area contributed by atoms with E-state index in [-0.39, 0.29) is 17.2 Å². The predicted molar refractivity (Wildman–Crippen MR) is 54.3 cm³/mol. The third-order valence-corrected chi connectivity index (χ3v) is 1.78. The van der Waals surface area contributed by atoms with Gasteiger partial charge in [0.2, 0.25) is 5.95 Å². The number of anilines is 2. The SMILES string of the molecule is CC(C)(C)c1nc(N)nc(N)c1C#N. The summed E-state index contributed by atoms with van der Waals surface area (Å²) in [5.74, 6) is 0.247. The standard InChI is InChI=1S/C9H13N5/c1-9(2,3)6-5(4-10)7(11)14-8(12)13-6/h1-3H3,(H4,11,12,13,14). The Morgan fingerprint density at radius 3 is 2.21 bits per heavy atom. The van der Waals surface area contributed by atoms with Gasteiger partial charge in [0.1, 0.15) is 17.5 Å². The molecular formula is C9H13N5. The molecule has 0 unspecified atom stereocenters. The van der Waals surface area contributed by atoms with Crippen molar-refractivity contribution >= 4 is 11.8 Å². The third-order valence-electron chi connectivity index (χ3n) is 1.78. The molecule has 1 rings (SSSR count). The second kappa shape index (κ2) is 3.14. The molecule has 0 spiro atoms. The van der Waals surface area contributed by atoms with E-state index >= 15 is 0 Å². The Bertz CT molecular complexity index is 397. The summed E-state index contributed by atoms with van der Waals surface area (Å²) in [4.78, 5) is 7.78. The summed E-state index contributed by atoms with van der Waals surface area (Å²) in [7, 11) is 0. The van der Waals surface area contributed by atoms with Gasteiger partial charge in [0, 0.05) is 5.41 Å². The van der Waals surface area contributed by atoms with Crippen LogP contribution in [-0.2, 0) is 5.41 Å². The van der Waals surface area contributed by atoms with Crippen molar-refractivity contribution in [2.24, 2.45) is 0 Å². The van der Waals surface area contributed by atoms with Crippen molar-refractivity contribution in [2.75, 3.05) is 11.5 Å². The summed E-state index contributed by atoms with van der Waals surface area (Å²) < 4.78 is 0. The first-order chi connectivity index (χ1) is 6.36. The number of nitrogens with zero attached hydrogens (tertiary/aromatic N) is 3. The van der Waals surface area contributed by atoms with Crippen LogP contribution in [0.2, 0.25) is 0 Å². The normalized spacial score (nSPS) is 11.0. The van der Waals surface area contributed by atoms with E-state index in [0.717, 1.165) is 0 Å². The summed E-state index contributed by atoms with van der Waals surface area (Å²) >= 11 is 0. The molecule has 1 aromatic heterocycles. The lowest BCUT2D eigenvalue weighted by Gasteiger charge is -2.19. The Labute approximate surface area is 82.8 Å². The van der Waals surface area contributed by atoms with Crippen LogP contribution < -0.4 is 11.5 Å². The predicted octanol–water partition coefficient (Wildman–Crippen LogP) is 0.810. The number of rotatable bonds is 0. The molecule has 0 atom stereocenters. The average molecular weight is 191 g/mol. The van der Waals surface area contributed by atoms with Crippen LogP contribution in [0.5, 0.6) is 0 Å². The first kappa shape index (κ1) is 10.3. The van der Waals surface area contributed by atoms with Crippen molar-refractivity contribution in [3.05, 3.63) is 11.3 Å². The zero-order chi connectivity index (χ0) is 10.9. The second-order valence-electron chi connectivity index (χ2n) is 4.05. The molecule has 0 saturated heterocycles. The smallest absolute Gasteiger partial charge is 0.222 e. The average Bonchev–Trinajstić information content (AvgIpc) is 2.01. The van der Waals surface area contributed by atoms with Crippen LogP contribution in [0.1, 0.15) is 32.0 Å². The Morgan fingerprint density at radius 2 is 1.79 bits per heavy atom. The van der Waals surface area contributed by atoms with Gasteiger partial charge in [0.25, 0.3) is 0 Å². The third kappa shape index (κ3) is 1.74. The van der Waals surface area contributed by atoms with E-state index in [1.807, 2.05) is 26.8 Å².